The summed E-state index contributed by atoms with van der Waals surface area (Å²) in [5.41, 5.74) is 1.69. The summed E-state index contributed by atoms with van der Waals surface area (Å²) in [7, 11) is 2.16. The van der Waals surface area contributed by atoms with E-state index in [4.69, 9.17) is 10.00 Å². The Morgan fingerprint density at radius 3 is 2.61 bits per heavy atom. The Bertz CT molecular complexity index is 685. The molecule has 0 atom stereocenters. The number of nitriles is 1. The summed E-state index contributed by atoms with van der Waals surface area (Å²) < 4.78 is 5.91. The third-order valence-corrected chi connectivity index (χ3v) is 4.04. The maximum absolute atomic E-state index is 8.82. The van der Waals surface area contributed by atoms with E-state index in [9.17, 15) is 0 Å². The van der Waals surface area contributed by atoms with Crippen LogP contribution in [0.5, 0.6) is 11.6 Å². The van der Waals surface area contributed by atoms with Crippen molar-refractivity contribution in [1.82, 2.24) is 14.8 Å². The van der Waals surface area contributed by atoms with E-state index in [1.165, 1.54) is 6.20 Å². The van der Waals surface area contributed by atoms with Crippen molar-refractivity contribution in [3.63, 3.8) is 0 Å². The van der Waals surface area contributed by atoms with E-state index in [1.807, 2.05) is 18.2 Å². The number of aromatic nitrogens is 1. The lowest BCUT2D eigenvalue weighted by Crippen LogP contribution is -2.43. The van der Waals surface area contributed by atoms with Crippen molar-refractivity contribution >= 4 is 0 Å². The predicted molar refractivity (Wildman–Crippen MR) is 88.2 cm³/mol. The van der Waals surface area contributed by atoms with E-state index in [0.717, 1.165) is 44.0 Å². The number of rotatable bonds is 4. The van der Waals surface area contributed by atoms with Gasteiger partial charge in [0.2, 0.25) is 5.88 Å². The van der Waals surface area contributed by atoms with Crippen LogP contribution in [0.4, 0.5) is 0 Å². The van der Waals surface area contributed by atoms with Crippen molar-refractivity contribution in [1.29, 1.82) is 5.26 Å². The Kier molecular flexibility index (Phi) is 4.86. The summed E-state index contributed by atoms with van der Waals surface area (Å²) in [5, 5.41) is 8.82. The first-order valence-corrected chi connectivity index (χ1v) is 7.77. The number of hydrogen-bond acceptors (Lipinski definition) is 5. The van der Waals surface area contributed by atoms with Crippen molar-refractivity contribution in [3.05, 3.63) is 53.7 Å². The van der Waals surface area contributed by atoms with E-state index in [2.05, 4.69) is 34.0 Å². The Labute approximate surface area is 136 Å². The van der Waals surface area contributed by atoms with Crippen LogP contribution in [0.3, 0.4) is 0 Å². The fraction of sp³-hybridized carbons (Fsp3) is 0.333. The molecule has 1 aromatic heterocycles. The molecule has 2 heterocycles. The maximum Gasteiger partial charge on any atom is 0.219 e. The largest absolute Gasteiger partial charge is 0.439 e. The standard InChI is InChI=1S/C18H20N4O/c1-21-8-10-22(11-9-21)14-16-4-2-3-5-17(16)23-18-7-6-15(12-19)13-20-18/h2-7,13H,8-11,14H2,1H3. The zero-order valence-electron chi connectivity index (χ0n) is 13.3. The molecule has 0 radical (unpaired) electrons. The molecule has 1 fully saturated rings. The molecule has 3 rings (SSSR count). The number of nitrogens with zero attached hydrogens (tertiary/aromatic N) is 4. The van der Waals surface area contributed by atoms with Crippen LogP contribution in [0.1, 0.15) is 11.1 Å². The maximum atomic E-state index is 8.82. The lowest BCUT2D eigenvalue weighted by molar-refractivity contribution is 0.147. The number of likely N-dealkylation sites (N-methyl/N-ethyl adjacent to an activating group) is 1. The first-order valence-electron chi connectivity index (χ1n) is 7.77. The summed E-state index contributed by atoms with van der Waals surface area (Å²) in [4.78, 5) is 8.96. The second kappa shape index (κ2) is 7.23. The first kappa shape index (κ1) is 15.5. The zero-order valence-corrected chi connectivity index (χ0v) is 13.3. The molecular weight excluding hydrogens is 288 g/mol. The summed E-state index contributed by atoms with van der Waals surface area (Å²) in [6.07, 6.45) is 1.53. The van der Waals surface area contributed by atoms with Crippen molar-refractivity contribution in [3.8, 4) is 17.7 Å². The average Bonchev–Trinajstić information content (AvgIpc) is 2.59. The monoisotopic (exact) mass is 308 g/mol. The minimum absolute atomic E-state index is 0.509. The Morgan fingerprint density at radius 1 is 1.13 bits per heavy atom. The highest BCUT2D eigenvalue weighted by atomic mass is 16.5. The molecule has 0 spiro atoms. The van der Waals surface area contributed by atoms with Crippen molar-refractivity contribution < 1.29 is 4.74 Å². The van der Waals surface area contributed by atoms with Crippen LogP contribution in [0, 0.1) is 11.3 Å². The Balaban J connectivity index is 1.71. The van der Waals surface area contributed by atoms with Crippen LogP contribution in [-0.4, -0.2) is 48.0 Å². The minimum Gasteiger partial charge on any atom is -0.439 e. The van der Waals surface area contributed by atoms with E-state index in [0.29, 0.717) is 11.4 Å². The van der Waals surface area contributed by atoms with Gasteiger partial charge in [0, 0.05) is 50.6 Å². The Morgan fingerprint density at radius 2 is 1.91 bits per heavy atom. The van der Waals surface area contributed by atoms with Gasteiger partial charge in [-0.2, -0.15) is 5.26 Å². The molecule has 23 heavy (non-hydrogen) atoms. The van der Waals surface area contributed by atoms with Crippen LogP contribution in [0.25, 0.3) is 0 Å². The number of benzene rings is 1. The molecule has 1 aliphatic heterocycles. The van der Waals surface area contributed by atoms with Crippen molar-refractivity contribution in [2.75, 3.05) is 33.2 Å². The molecular formula is C18H20N4O. The SMILES string of the molecule is CN1CCN(Cc2ccccc2Oc2ccc(C#N)cn2)CC1. The summed E-state index contributed by atoms with van der Waals surface area (Å²) >= 11 is 0. The van der Waals surface area contributed by atoms with Crippen LogP contribution in [0.15, 0.2) is 42.6 Å². The lowest BCUT2D eigenvalue weighted by atomic mass is 10.1. The van der Waals surface area contributed by atoms with Gasteiger partial charge in [-0.05, 0) is 19.2 Å². The molecule has 0 unspecified atom stereocenters. The normalized spacial score (nSPS) is 16.0. The molecule has 1 saturated heterocycles. The number of ether oxygens (including phenoxy) is 1. The number of piperazine rings is 1. The van der Waals surface area contributed by atoms with Gasteiger partial charge >= 0.3 is 0 Å². The topological polar surface area (TPSA) is 52.4 Å². The second-order valence-corrected chi connectivity index (χ2v) is 5.79. The van der Waals surface area contributed by atoms with Gasteiger partial charge in [0.05, 0.1) is 5.56 Å². The van der Waals surface area contributed by atoms with Gasteiger partial charge < -0.3 is 9.64 Å². The molecule has 0 saturated carbocycles. The van der Waals surface area contributed by atoms with Crippen molar-refractivity contribution in [2.45, 2.75) is 6.54 Å². The molecule has 0 aliphatic carbocycles. The third kappa shape index (κ3) is 4.07. The number of para-hydroxylation sites is 1. The third-order valence-electron chi connectivity index (χ3n) is 4.04. The summed E-state index contributed by atoms with van der Waals surface area (Å²) in [5.74, 6) is 1.33. The van der Waals surface area contributed by atoms with Gasteiger partial charge in [-0.15, -0.1) is 0 Å². The lowest BCUT2D eigenvalue weighted by Gasteiger charge is -2.32. The van der Waals surface area contributed by atoms with E-state index < -0.39 is 0 Å². The number of hydrogen-bond donors (Lipinski definition) is 0. The van der Waals surface area contributed by atoms with Gasteiger partial charge in [-0.3, -0.25) is 4.90 Å². The molecule has 5 heteroatoms. The molecule has 0 N–H and O–H groups in total. The molecule has 0 bridgehead atoms. The molecule has 5 nitrogen and oxygen atoms in total. The zero-order chi connectivity index (χ0) is 16.1. The van der Waals surface area contributed by atoms with Gasteiger partial charge in [0.25, 0.3) is 0 Å². The van der Waals surface area contributed by atoms with Crippen molar-refractivity contribution in [2.24, 2.45) is 0 Å². The van der Waals surface area contributed by atoms with E-state index in [-0.39, 0.29) is 0 Å². The highest BCUT2D eigenvalue weighted by Gasteiger charge is 2.16. The second-order valence-electron chi connectivity index (χ2n) is 5.79. The van der Waals surface area contributed by atoms with Gasteiger partial charge in [-0.1, -0.05) is 18.2 Å². The molecule has 2 aromatic rings. The van der Waals surface area contributed by atoms with E-state index in [1.54, 1.807) is 12.1 Å². The molecule has 118 valence electrons. The van der Waals surface area contributed by atoms with Crippen LogP contribution in [-0.2, 0) is 6.54 Å². The van der Waals surface area contributed by atoms with Crippen LogP contribution in [0.2, 0.25) is 0 Å². The highest BCUT2D eigenvalue weighted by molar-refractivity contribution is 5.37. The van der Waals surface area contributed by atoms with Gasteiger partial charge in [0.15, 0.2) is 0 Å². The van der Waals surface area contributed by atoms with Gasteiger partial charge in [0.1, 0.15) is 11.8 Å². The molecule has 0 amide bonds. The smallest absolute Gasteiger partial charge is 0.219 e. The van der Waals surface area contributed by atoms with Crippen LogP contribution < -0.4 is 4.74 Å². The van der Waals surface area contributed by atoms with Crippen LogP contribution >= 0.6 is 0 Å². The average molecular weight is 308 g/mol. The highest BCUT2D eigenvalue weighted by Crippen LogP contribution is 2.25. The fourth-order valence-corrected chi connectivity index (χ4v) is 2.60. The molecule has 1 aromatic carbocycles. The predicted octanol–water partition coefficient (Wildman–Crippen LogP) is 2.49. The first-order chi connectivity index (χ1) is 11.2. The number of pyridine rings is 1. The Hall–Kier alpha value is -2.42. The summed E-state index contributed by atoms with van der Waals surface area (Å²) in [6.45, 7) is 5.21. The molecule has 1 aliphatic rings. The summed E-state index contributed by atoms with van der Waals surface area (Å²) in [6, 6.07) is 13.6. The fourth-order valence-electron chi connectivity index (χ4n) is 2.60. The van der Waals surface area contributed by atoms with E-state index >= 15 is 0 Å². The minimum atomic E-state index is 0.509. The van der Waals surface area contributed by atoms with Gasteiger partial charge in [-0.25, -0.2) is 4.98 Å². The quantitative estimate of drug-likeness (QED) is 0.868.